The molecule has 110 valence electrons. The van der Waals surface area contributed by atoms with Gasteiger partial charge in [-0.25, -0.2) is 0 Å². The molecule has 1 aliphatic rings. The van der Waals surface area contributed by atoms with Crippen LogP contribution >= 0.6 is 0 Å². The molecule has 2 N–H and O–H groups in total. The van der Waals surface area contributed by atoms with E-state index in [-0.39, 0.29) is 5.54 Å². The van der Waals surface area contributed by atoms with Crippen molar-refractivity contribution < 1.29 is 4.74 Å². The van der Waals surface area contributed by atoms with Crippen LogP contribution in [0.25, 0.3) is 0 Å². The number of fused-ring (bicyclic) bond motifs is 1. The van der Waals surface area contributed by atoms with Crippen molar-refractivity contribution in [2.75, 3.05) is 7.11 Å². The maximum Gasteiger partial charge on any atom is 0.119 e. The number of methoxy groups -OCH3 is 1. The molecule has 0 radical (unpaired) electrons. The van der Waals surface area contributed by atoms with Crippen LogP contribution in [0.5, 0.6) is 5.75 Å². The van der Waals surface area contributed by atoms with E-state index in [0.29, 0.717) is 0 Å². The fourth-order valence-electron chi connectivity index (χ4n) is 3.37. The quantitative estimate of drug-likeness (QED) is 0.904. The largest absolute Gasteiger partial charge is 0.497 e. The number of ether oxygens (including phenoxy) is 1. The highest BCUT2D eigenvalue weighted by Crippen LogP contribution is 2.40. The number of rotatable bonds is 5. The molecular formula is C19H23NO. The lowest BCUT2D eigenvalue weighted by atomic mass is 9.87. The lowest BCUT2D eigenvalue weighted by Crippen LogP contribution is -2.34. The number of aryl methyl sites for hydroxylation is 2. The molecule has 0 aliphatic heterocycles. The van der Waals surface area contributed by atoms with E-state index in [0.717, 1.165) is 37.9 Å². The van der Waals surface area contributed by atoms with E-state index in [1.807, 2.05) is 6.07 Å². The third kappa shape index (κ3) is 2.96. The van der Waals surface area contributed by atoms with Crippen molar-refractivity contribution in [3.8, 4) is 5.75 Å². The Kier molecular flexibility index (Phi) is 3.98. The van der Waals surface area contributed by atoms with Crippen molar-refractivity contribution in [1.29, 1.82) is 0 Å². The summed E-state index contributed by atoms with van der Waals surface area (Å²) in [4.78, 5) is 0. The molecule has 0 amide bonds. The van der Waals surface area contributed by atoms with E-state index in [2.05, 4.69) is 42.5 Å². The predicted molar refractivity (Wildman–Crippen MR) is 86.6 cm³/mol. The van der Waals surface area contributed by atoms with Crippen LogP contribution in [0, 0.1) is 0 Å². The Morgan fingerprint density at radius 2 is 1.95 bits per heavy atom. The Bertz CT molecular complexity index is 608. The summed E-state index contributed by atoms with van der Waals surface area (Å²) >= 11 is 0. The summed E-state index contributed by atoms with van der Waals surface area (Å²) in [6.45, 7) is 0. The van der Waals surface area contributed by atoms with Crippen molar-refractivity contribution >= 4 is 0 Å². The zero-order valence-corrected chi connectivity index (χ0v) is 12.6. The minimum atomic E-state index is -0.182. The average molecular weight is 281 g/mol. The van der Waals surface area contributed by atoms with E-state index in [1.54, 1.807) is 7.11 Å². The van der Waals surface area contributed by atoms with Gasteiger partial charge >= 0.3 is 0 Å². The van der Waals surface area contributed by atoms with Crippen LogP contribution in [0.1, 0.15) is 36.0 Å². The zero-order valence-electron chi connectivity index (χ0n) is 12.6. The molecule has 0 saturated heterocycles. The molecule has 1 unspecified atom stereocenters. The van der Waals surface area contributed by atoms with Crippen LogP contribution in [0.2, 0.25) is 0 Å². The number of hydrogen-bond acceptors (Lipinski definition) is 2. The van der Waals surface area contributed by atoms with Gasteiger partial charge in [-0.15, -0.1) is 0 Å². The highest BCUT2D eigenvalue weighted by Gasteiger charge is 2.34. The van der Waals surface area contributed by atoms with E-state index in [1.165, 1.54) is 16.7 Å². The van der Waals surface area contributed by atoms with Gasteiger partial charge in [0.2, 0.25) is 0 Å². The second kappa shape index (κ2) is 5.90. The molecule has 2 aromatic carbocycles. The van der Waals surface area contributed by atoms with Gasteiger partial charge in [-0.2, -0.15) is 0 Å². The number of nitrogens with two attached hydrogens (primary N) is 1. The molecule has 3 rings (SSSR count). The summed E-state index contributed by atoms with van der Waals surface area (Å²) in [7, 11) is 1.71. The van der Waals surface area contributed by atoms with Gasteiger partial charge in [-0.05, 0) is 60.9 Å². The fourth-order valence-corrected chi connectivity index (χ4v) is 3.37. The molecular weight excluding hydrogens is 258 g/mol. The highest BCUT2D eigenvalue weighted by atomic mass is 16.5. The minimum absolute atomic E-state index is 0.182. The Balaban J connectivity index is 1.69. The van der Waals surface area contributed by atoms with Gasteiger partial charge < -0.3 is 10.5 Å². The second-order valence-corrected chi connectivity index (χ2v) is 6.02. The summed E-state index contributed by atoms with van der Waals surface area (Å²) in [5.74, 6) is 0.911. The maximum absolute atomic E-state index is 6.70. The Labute approximate surface area is 126 Å². The van der Waals surface area contributed by atoms with Crippen LogP contribution in [0.4, 0.5) is 0 Å². The molecule has 0 fully saturated rings. The molecule has 0 aromatic heterocycles. The molecule has 0 spiro atoms. The molecule has 1 aliphatic carbocycles. The predicted octanol–water partition coefficient (Wildman–Crippen LogP) is 3.82. The maximum atomic E-state index is 6.70. The summed E-state index contributed by atoms with van der Waals surface area (Å²) in [5.41, 5.74) is 10.6. The monoisotopic (exact) mass is 281 g/mol. The van der Waals surface area contributed by atoms with Gasteiger partial charge in [0.15, 0.2) is 0 Å². The first-order chi connectivity index (χ1) is 10.2. The molecule has 2 heteroatoms. The zero-order chi connectivity index (χ0) is 14.7. The van der Waals surface area contributed by atoms with E-state index < -0.39 is 0 Å². The van der Waals surface area contributed by atoms with Gasteiger partial charge in [0, 0.05) is 5.54 Å². The standard InChI is InChI=1S/C19H23NO/c1-21-17-10-9-16-11-13-19(20,18(16)14-17)12-5-8-15-6-3-2-4-7-15/h2-4,6-7,9-10,14H,5,8,11-13,20H2,1H3. The summed E-state index contributed by atoms with van der Waals surface area (Å²) in [6.07, 6.45) is 5.38. The first-order valence-electron chi connectivity index (χ1n) is 7.71. The lowest BCUT2D eigenvalue weighted by Gasteiger charge is -2.26. The molecule has 2 nitrogen and oxygen atoms in total. The Morgan fingerprint density at radius 1 is 1.14 bits per heavy atom. The third-order valence-electron chi connectivity index (χ3n) is 4.63. The van der Waals surface area contributed by atoms with Crippen molar-refractivity contribution in [1.82, 2.24) is 0 Å². The first-order valence-corrected chi connectivity index (χ1v) is 7.71. The topological polar surface area (TPSA) is 35.2 Å². The SMILES string of the molecule is COc1ccc2c(c1)C(N)(CCCc1ccccc1)CC2. The third-order valence-corrected chi connectivity index (χ3v) is 4.63. The van der Waals surface area contributed by atoms with Crippen LogP contribution in [0.15, 0.2) is 48.5 Å². The van der Waals surface area contributed by atoms with E-state index >= 15 is 0 Å². The molecule has 0 saturated carbocycles. The second-order valence-electron chi connectivity index (χ2n) is 6.02. The molecule has 0 heterocycles. The first kappa shape index (κ1) is 14.2. The van der Waals surface area contributed by atoms with Crippen molar-refractivity contribution in [2.24, 2.45) is 5.73 Å². The van der Waals surface area contributed by atoms with Crippen LogP contribution < -0.4 is 10.5 Å². The van der Waals surface area contributed by atoms with Crippen LogP contribution in [0.3, 0.4) is 0 Å². The molecule has 0 bridgehead atoms. The number of benzene rings is 2. The van der Waals surface area contributed by atoms with Gasteiger partial charge in [-0.1, -0.05) is 36.4 Å². The Morgan fingerprint density at radius 3 is 2.71 bits per heavy atom. The lowest BCUT2D eigenvalue weighted by molar-refractivity contribution is 0.387. The van der Waals surface area contributed by atoms with Gasteiger partial charge in [-0.3, -0.25) is 0 Å². The van der Waals surface area contributed by atoms with Crippen LogP contribution in [-0.2, 0) is 18.4 Å². The molecule has 21 heavy (non-hydrogen) atoms. The summed E-state index contributed by atoms with van der Waals surface area (Å²) in [6, 6.07) is 17.0. The highest BCUT2D eigenvalue weighted by molar-refractivity contribution is 5.43. The fraction of sp³-hybridized carbons (Fsp3) is 0.368. The molecule has 1 atom stereocenters. The Hall–Kier alpha value is -1.80. The summed E-state index contributed by atoms with van der Waals surface area (Å²) in [5, 5.41) is 0. The van der Waals surface area contributed by atoms with E-state index in [9.17, 15) is 0 Å². The van der Waals surface area contributed by atoms with E-state index in [4.69, 9.17) is 10.5 Å². The van der Waals surface area contributed by atoms with Crippen molar-refractivity contribution in [2.45, 2.75) is 37.6 Å². The van der Waals surface area contributed by atoms with Gasteiger partial charge in [0.05, 0.1) is 7.11 Å². The van der Waals surface area contributed by atoms with Gasteiger partial charge in [0.1, 0.15) is 5.75 Å². The molecule has 2 aromatic rings. The normalized spacial score (nSPS) is 20.3. The summed E-state index contributed by atoms with van der Waals surface area (Å²) < 4.78 is 5.35. The van der Waals surface area contributed by atoms with Crippen molar-refractivity contribution in [3.05, 3.63) is 65.2 Å². The van der Waals surface area contributed by atoms with Gasteiger partial charge in [0.25, 0.3) is 0 Å². The number of hydrogen-bond donors (Lipinski definition) is 1. The average Bonchev–Trinajstić information content (AvgIpc) is 2.85. The van der Waals surface area contributed by atoms with Crippen LogP contribution in [-0.4, -0.2) is 7.11 Å². The smallest absolute Gasteiger partial charge is 0.119 e. The minimum Gasteiger partial charge on any atom is -0.497 e. The van der Waals surface area contributed by atoms with Crippen molar-refractivity contribution in [3.63, 3.8) is 0 Å².